The van der Waals surface area contributed by atoms with Crippen molar-refractivity contribution in [3.63, 3.8) is 0 Å². The zero-order valence-corrected chi connectivity index (χ0v) is 13.2. The number of carbonyl (C=O) groups is 3. The molecule has 0 spiro atoms. The predicted molar refractivity (Wildman–Crippen MR) is 87.8 cm³/mol. The molecule has 0 radical (unpaired) electrons. The van der Waals surface area contributed by atoms with E-state index in [2.05, 4.69) is 20.6 Å². The second-order valence-corrected chi connectivity index (χ2v) is 5.94. The first-order valence-electron chi connectivity index (χ1n) is 7.93. The summed E-state index contributed by atoms with van der Waals surface area (Å²) in [5, 5.41) is 5.59. The first kappa shape index (κ1) is 15.3. The van der Waals surface area contributed by atoms with E-state index in [1.54, 1.807) is 24.3 Å². The van der Waals surface area contributed by atoms with Gasteiger partial charge in [-0.05, 0) is 18.6 Å². The maximum Gasteiger partial charge on any atom is 0.271 e. The Morgan fingerprint density at radius 2 is 2.08 bits per heavy atom. The summed E-state index contributed by atoms with van der Waals surface area (Å²) in [4.78, 5) is 47.1. The lowest BCUT2D eigenvalue weighted by molar-refractivity contribution is -0.120. The van der Waals surface area contributed by atoms with E-state index in [4.69, 9.17) is 0 Å². The zero-order valence-electron chi connectivity index (χ0n) is 13.2. The molecule has 0 unspecified atom stereocenters. The summed E-state index contributed by atoms with van der Waals surface area (Å²) in [5.41, 5.74) is 1.12. The van der Waals surface area contributed by atoms with E-state index in [1.807, 2.05) is 0 Å². The molecule has 1 saturated heterocycles. The van der Waals surface area contributed by atoms with Crippen LogP contribution in [-0.2, 0) is 4.79 Å². The van der Waals surface area contributed by atoms with Gasteiger partial charge in [0.05, 0.1) is 23.5 Å². The molecule has 25 heavy (non-hydrogen) atoms. The maximum absolute atomic E-state index is 12.8. The molecule has 2 atom stereocenters. The third-order valence-electron chi connectivity index (χ3n) is 4.46. The molecular formula is C17H15N5O3. The fourth-order valence-electron chi connectivity index (χ4n) is 3.29. The van der Waals surface area contributed by atoms with E-state index in [1.165, 1.54) is 23.5 Å². The van der Waals surface area contributed by atoms with Gasteiger partial charge in [-0.15, -0.1) is 0 Å². The standard InChI is InChI=1S/C17H15N5O3/c23-15(13-9-18-6-7-19-13)21-12-5-8-22-14(12)16(24)20-11-4-2-1-3-10(11)17(22)25/h1-4,6-7,9,12,14H,5,8H2,(H,20,24)(H,21,23)/t12-,14-/m0/s1. The van der Waals surface area contributed by atoms with Gasteiger partial charge in [-0.3, -0.25) is 19.4 Å². The number of hydrogen-bond acceptors (Lipinski definition) is 5. The van der Waals surface area contributed by atoms with Gasteiger partial charge in [-0.25, -0.2) is 4.98 Å². The number of rotatable bonds is 2. The molecule has 3 amide bonds. The molecule has 2 aliphatic heterocycles. The number of nitrogens with one attached hydrogen (secondary N) is 2. The Morgan fingerprint density at radius 3 is 2.88 bits per heavy atom. The molecule has 8 heteroatoms. The van der Waals surface area contributed by atoms with Gasteiger partial charge in [0.2, 0.25) is 5.91 Å². The smallest absolute Gasteiger partial charge is 0.271 e. The van der Waals surface area contributed by atoms with Crippen LogP contribution in [-0.4, -0.2) is 51.2 Å². The van der Waals surface area contributed by atoms with Crippen LogP contribution in [0.15, 0.2) is 42.9 Å². The minimum absolute atomic E-state index is 0.171. The Kier molecular flexibility index (Phi) is 3.64. The Hall–Kier alpha value is -3.29. The number of fused-ring (bicyclic) bond motifs is 2. The van der Waals surface area contributed by atoms with Crippen molar-refractivity contribution >= 4 is 23.4 Å². The molecule has 1 aromatic heterocycles. The van der Waals surface area contributed by atoms with Gasteiger partial charge < -0.3 is 15.5 Å². The highest BCUT2D eigenvalue weighted by atomic mass is 16.2. The van der Waals surface area contributed by atoms with Crippen molar-refractivity contribution in [1.82, 2.24) is 20.2 Å². The van der Waals surface area contributed by atoms with Crippen molar-refractivity contribution in [1.29, 1.82) is 0 Å². The normalized spacial score (nSPS) is 21.8. The Bertz CT molecular complexity index is 854. The van der Waals surface area contributed by atoms with Crippen molar-refractivity contribution in [2.45, 2.75) is 18.5 Å². The second kappa shape index (κ2) is 5.97. The molecule has 0 aliphatic carbocycles. The largest absolute Gasteiger partial charge is 0.345 e. The number of benzene rings is 1. The van der Waals surface area contributed by atoms with Crippen LogP contribution < -0.4 is 10.6 Å². The van der Waals surface area contributed by atoms with Crippen LogP contribution in [0.2, 0.25) is 0 Å². The number of nitrogens with zero attached hydrogens (tertiary/aromatic N) is 3. The zero-order chi connectivity index (χ0) is 17.4. The molecule has 0 saturated carbocycles. The summed E-state index contributed by atoms with van der Waals surface area (Å²) >= 11 is 0. The van der Waals surface area contributed by atoms with E-state index >= 15 is 0 Å². The molecule has 2 aliphatic rings. The highest BCUT2D eigenvalue weighted by Gasteiger charge is 2.45. The van der Waals surface area contributed by atoms with Crippen molar-refractivity contribution in [3.8, 4) is 0 Å². The molecule has 1 fully saturated rings. The van der Waals surface area contributed by atoms with Gasteiger partial charge in [0.1, 0.15) is 11.7 Å². The Balaban J connectivity index is 1.60. The third-order valence-corrected chi connectivity index (χ3v) is 4.46. The maximum atomic E-state index is 12.8. The minimum atomic E-state index is -0.750. The fraction of sp³-hybridized carbons (Fsp3) is 0.235. The average molecular weight is 337 g/mol. The monoisotopic (exact) mass is 337 g/mol. The molecule has 2 aromatic rings. The number of carbonyl (C=O) groups excluding carboxylic acids is 3. The number of aromatic nitrogens is 2. The van der Waals surface area contributed by atoms with E-state index in [0.717, 1.165) is 0 Å². The third kappa shape index (κ3) is 2.61. The Morgan fingerprint density at radius 1 is 1.24 bits per heavy atom. The quantitative estimate of drug-likeness (QED) is 0.827. The summed E-state index contributed by atoms with van der Waals surface area (Å²) in [6.45, 7) is 0.399. The molecule has 8 nitrogen and oxygen atoms in total. The first-order valence-corrected chi connectivity index (χ1v) is 7.93. The van der Waals surface area contributed by atoms with Gasteiger partial charge in [-0.2, -0.15) is 0 Å². The number of para-hydroxylation sites is 1. The predicted octanol–water partition coefficient (Wildman–Crippen LogP) is 0.442. The molecule has 1 aromatic carbocycles. The van der Waals surface area contributed by atoms with Crippen LogP contribution in [0.4, 0.5) is 5.69 Å². The molecule has 0 bridgehead atoms. The lowest BCUT2D eigenvalue weighted by Crippen LogP contribution is -2.51. The molecule has 2 N–H and O–H groups in total. The van der Waals surface area contributed by atoms with Gasteiger partial charge in [0.25, 0.3) is 11.8 Å². The SMILES string of the molecule is O=C(N[C@H]1CCN2C(=O)c3ccccc3NC(=O)[C@H]12)c1cnccn1. The van der Waals surface area contributed by atoms with Crippen LogP contribution in [0, 0.1) is 0 Å². The van der Waals surface area contributed by atoms with E-state index in [0.29, 0.717) is 24.2 Å². The topological polar surface area (TPSA) is 104 Å². The minimum Gasteiger partial charge on any atom is -0.345 e. The summed E-state index contributed by atoms with van der Waals surface area (Å²) in [6, 6.07) is 5.67. The van der Waals surface area contributed by atoms with Gasteiger partial charge >= 0.3 is 0 Å². The van der Waals surface area contributed by atoms with Crippen LogP contribution in [0.25, 0.3) is 0 Å². The number of anilines is 1. The summed E-state index contributed by atoms with van der Waals surface area (Å²) in [7, 11) is 0. The summed E-state index contributed by atoms with van der Waals surface area (Å²) in [6.07, 6.45) is 4.76. The van der Waals surface area contributed by atoms with E-state index in [9.17, 15) is 14.4 Å². The van der Waals surface area contributed by atoms with Crippen molar-refractivity contribution < 1.29 is 14.4 Å². The lowest BCUT2D eigenvalue weighted by atomic mass is 10.1. The number of hydrogen-bond donors (Lipinski definition) is 2. The van der Waals surface area contributed by atoms with Crippen LogP contribution in [0.3, 0.4) is 0 Å². The lowest BCUT2D eigenvalue weighted by Gasteiger charge is -2.24. The molecular weight excluding hydrogens is 322 g/mol. The average Bonchev–Trinajstić information content (AvgIpc) is 3.01. The first-order chi connectivity index (χ1) is 12.1. The van der Waals surface area contributed by atoms with Crippen LogP contribution in [0.1, 0.15) is 27.3 Å². The van der Waals surface area contributed by atoms with Crippen molar-refractivity contribution in [2.24, 2.45) is 0 Å². The molecule has 126 valence electrons. The van der Waals surface area contributed by atoms with Gasteiger partial charge in [-0.1, -0.05) is 12.1 Å². The highest BCUT2D eigenvalue weighted by Crippen LogP contribution is 2.28. The summed E-state index contributed by atoms with van der Waals surface area (Å²) < 4.78 is 0. The molecule has 3 heterocycles. The number of amides is 3. The molecule has 4 rings (SSSR count). The summed E-state index contributed by atoms with van der Waals surface area (Å²) in [5.74, 6) is -0.933. The van der Waals surface area contributed by atoms with Crippen LogP contribution >= 0.6 is 0 Å². The van der Waals surface area contributed by atoms with Crippen molar-refractivity contribution in [2.75, 3.05) is 11.9 Å². The highest BCUT2D eigenvalue weighted by molar-refractivity contribution is 6.10. The van der Waals surface area contributed by atoms with Gasteiger partial charge in [0, 0.05) is 18.9 Å². The second-order valence-electron chi connectivity index (χ2n) is 5.94. The van der Waals surface area contributed by atoms with E-state index in [-0.39, 0.29) is 17.5 Å². The van der Waals surface area contributed by atoms with E-state index < -0.39 is 18.0 Å². The Labute approximate surface area is 143 Å². The fourth-order valence-corrected chi connectivity index (χ4v) is 3.29. The van der Waals surface area contributed by atoms with Crippen LogP contribution in [0.5, 0.6) is 0 Å². The van der Waals surface area contributed by atoms with Gasteiger partial charge in [0.15, 0.2) is 0 Å². The van der Waals surface area contributed by atoms with Crippen molar-refractivity contribution in [3.05, 3.63) is 54.1 Å².